The van der Waals surface area contributed by atoms with Crippen LogP contribution in [-0.2, 0) is 4.74 Å². The first-order valence-corrected chi connectivity index (χ1v) is 13.2. The highest BCUT2D eigenvalue weighted by atomic mass is 79.9. The maximum Gasteiger partial charge on any atom is 0.412 e. The van der Waals surface area contributed by atoms with Gasteiger partial charge in [-0.05, 0) is 45.0 Å². The monoisotopic (exact) mass is 607 g/mol. The number of ether oxygens (including phenoxy) is 4. The first-order valence-electron chi connectivity index (χ1n) is 11.0. The van der Waals surface area contributed by atoms with Crippen molar-refractivity contribution in [3.05, 3.63) is 60.2 Å². The second kappa shape index (κ2) is 12.3. The molecule has 3 rings (SSSR count). The topological polar surface area (TPSA) is 83.1 Å². The van der Waals surface area contributed by atoms with E-state index in [0.29, 0.717) is 57.6 Å². The maximum absolute atomic E-state index is 13.1. The molecule has 0 aliphatic heterocycles. The highest BCUT2D eigenvalue weighted by Crippen LogP contribution is 2.33. The molecular formula is C26H27Br2NO6. The van der Waals surface area contributed by atoms with Gasteiger partial charge in [0.05, 0.1) is 18.9 Å². The summed E-state index contributed by atoms with van der Waals surface area (Å²) in [5, 5.41) is 5.42. The van der Waals surface area contributed by atoms with Gasteiger partial charge < -0.3 is 18.9 Å². The molecule has 0 aliphatic rings. The molecule has 0 aliphatic carbocycles. The van der Waals surface area contributed by atoms with E-state index in [0.717, 1.165) is 0 Å². The van der Waals surface area contributed by atoms with Gasteiger partial charge in [-0.3, -0.25) is 5.32 Å². The summed E-state index contributed by atoms with van der Waals surface area (Å²) in [6, 6.07) is 15.6. The number of alkyl halides is 2. The first kappa shape index (κ1) is 26.8. The zero-order chi connectivity index (χ0) is 25.4. The number of carbonyl (C=O) groups excluding carboxylic acids is 2. The van der Waals surface area contributed by atoms with Crippen LogP contribution in [0.2, 0.25) is 0 Å². The second-order valence-electron chi connectivity index (χ2n) is 8.41. The predicted octanol–water partition coefficient (Wildman–Crippen LogP) is 6.95. The number of amides is 1. The lowest BCUT2D eigenvalue weighted by Crippen LogP contribution is -2.27. The second-order valence-corrected chi connectivity index (χ2v) is 9.99. The Hall–Kier alpha value is -2.78. The van der Waals surface area contributed by atoms with Crippen molar-refractivity contribution in [2.45, 2.75) is 26.4 Å². The van der Waals surface area contributed by atoms with E-state index in [2.05, 4.69) is 37.2 Å². The highest BCUT2D eigenvalue weighted by Gasteiger charge is 2.20. The van der Waals surface area contributed by atoms with Crippen LogP contribution in [0.4, 0.5) is 10.5 Å². The predicted molar refractivity (Wildman–Crippen MR) is 144 cm³/mol. The number of hydrogen-bond acceptors (Lipinski definition) is 6. The van der Waals surface area contributed by atoms with Gasteiger partial charge in [0.25, 0.3) is 0 Å². The first-order chi connectivity index (χ1) is 16.7. The van der Waals surface area contributed by atoms with Crippen molar-refractivity contribution >= 4 is 60.4 Å². The molecule has 0 saturated heterocycles. The van der Waals surface area contributed by atoms with E-state index < -0.39 is 17.7 Å². The Kier molecular flexibility index (Phi) is 9.40. The Morgan fingerprint density at radius 1 is 0.857 bits per heavy atom. The minimum absolute atomic E-state index is 0.275. The average molecular weight is 609 g/mol. The van der Waals surface area contributed by atoms with Gasteiger partial charge in [0, 0.05) is 27.5 Å². The van der Waals surface area contributed by atoms with Crippen LogP contribution in [0.3, 0.4) is 0 Å². The molecule has 7 nitrogen and oxygen atoms in total. The lowest BCUT2D eigenvalue weighted by atomic mass is 10.1. The molecular weight excluding hydrogens is 582 g/mol. The third kappa shape index (κ3) is 7.60. The number of nitrogens with one attached hydrogen (secondary N) is 1. The van der Waals surface area contributed by atoms with Gasteiger partial charge >= 0.3 is 12.1 Å². The molecule has 3 aromatic rings. The zero-order valence-electron chi connectivity index (χ0n) is 19.7. The van der Waals surface area contributed by atoms with Crippen molar-refractivity contribution in [2.75, 3.05) is 29.2 Å². The lowest BCUT2D eigenvalue weighted by Gasteiger charge is -2.20. The summed E-state index contributed by atoms with van der Waals surface area (Å²) in [6.45, 7) is 6.24. The molecule has 0 bridgehead atoms. The molecule has 0 aromatic heterocycles. The molecule has 0 unspecified atom stereocenters. The SMILES string of the molecule is CC(C)(C)OC(=O)Nc1ccc(OC(=O)c2ccc(OCCBr)cc2OCCBr)c2ccccc12. The Morgan fingerprint density at radius 3 is 2.23 bits per heavy atom. The van der Waals surface area contributed by atoms with Gasteiger partial charge in [0.2, 0.25) is 0 Å². The van der Waals surface area contributed by atoms with E-state index >= 15 is 0 Å². The van der Waals surface area contributed by atoms with E-state index in [1.54, 1.807) is 51.1 Å². The number of esters is 1. The molecule has 0 radical (unpaired) electrons. The van der Waals surface area contributed by atoms with E-state index in [-0.39, 0.29) is 5.56 Å². The largest absolute Gasteiger partial charge is 0.493 e. The summed E-state index contributed by atoms with van der Waals surface area (Å²) in [7, 11) is 0. The number of benzene rings is 3. The number of hydrogen-bond donors (Lipinski definition) is 1. The number of fused-ring (bicyclic) bond motifs is 1. The molecule has 1 amide bonds. The highest BCUT2D eigenvalue weighted by molar-refractivity contribution is 9.09. The van der Waals surface area contributed by atoms with E-state index in [1.807, 2.05) is 24.3 Å². The van der Waals surface area contributed by atoms with Crippen LogP contribution in [-0.4, -0.2) is 41.5 Å². The summed E-state index contributed by atoms with van der Waals surface area (Å²) < 4.78 is 22.5. The number of carbonyl (C=O) groups is 2. The smallest absolute Gasteiger partial charge is 0.412 e. The van der Waals surface area contributed by atoms with Crippen LogP contribution in [0.5, 0.6) is 17.2 Å². The molecule has 35 heavy (non-hydrogen) atoms. The Balaban J connectivity index is 1.88. The molecule has 0 saturated carbocycles. The third-order valence-corrected chi connectivity index (χ3v) is 5.22. The summed E-state index contributed by atoms with van der Waals surface area (Å²) >= 11 is 6.66. The van der Waals surface area contributed by atoms with Crippen molar-refractivity contribution in [1.29, 1.82) is 0 Å². The minimum atomic E-state index is -0.626. The van der Waals surface area contributed by atoms with Crippen molar-refractivity contribution in [1.82, 2.24) is 0 Å². The lowest BCUT2D eigenvalue weighted by molar-refractivity contribution is 0.0634. The molecule has 3 aromatic carbocycles. The summed E-state index contributed by atoms with van der Waals surface area (Å²) in [5.74, 6) is 0.744. The molecule has 9 heteroatoms. The maximum atomic E-state index is 13.1. The van der Waals surface area contributed by atoms with Crippen LogP contribution in [0, 0.1) is 0 Å². The number of anilines is 1. The zero-order valence-corrected chi connectivity index (χ0v) is 22.9. The summed E-state index contributed by atoms with van der Waals surface area (Å²) in [6.07, 6.45) is -0.566. The van der Waals surface area contributed by atoms with Crippen LogP contribution in [0.25, 0.3) is 10.8 Å². The van der Waals surface area contributed by atoms with E-state index in [9.17, 15) is 9.59 Å². The fourth-order valence-corrected chi connectivity index (χ4v) is 3.55. The van der Waals surface area contributed by atoms with Crippen LogP contribution < -0.4 is 19.5 Å². The molecule has 0 spiro atoms. The summed E-state index contributed by atoms with van der Waals surface area (Å²) in [5.41, 5.74) is 0.195. The van der Waals surface area contributed by atoms with Gasteiger partial charge in [0.15, 0.2) is 0 Å². The van der Waals surface area contributed by atoms with Gasteiger partial charge in [-0.1, -0.05) is 56.1 Å². The molecule has 1 N–H and O–H groups in total. The van der Waals surface area contributed by atoms with Crippen LogP contribution in [0.15, 0.2) is 54.6 Å². The van der Waals surface area contributed by atoms with Crippen molar-refractivity contribution in [3.8, 4) is 17.2 Å². The van der Waals surface area contributed by atoms with Crippen LogP contribution >= 0.6 is 31.9 Å². The van der Waals surface area contributed by atoms with Gasteiger partial charge in [-0.15, -0.1) is 0 Å². The fraction of sp³-hybridized carbons (Fsp3) is 0.308. The molecule has 0 atom stereocenters. The van der Waals surface area contributed by atoms with Crippen molar-refractivity contribution in [2.24, 2.45) is 0 Å². The molecule has 0 heterocycles. The molecule has 186 valence electrons. The standard InChI is InChI=1S/C26H27Br2NO6/c1-26(2,3)35-25(31)29-21-10-11-22(19-7-5-4-6-18(19)21)34-24(30)20-9-8-17(32-14-12-27)16-23(20)33-15-13-28/h4-11,16H,12-15H2,1-3H3,(H,29,31). The van der Waals surface area contributed by atoms with Gasteiger partial charge in [-0.25, -0.2) is 9.59 Å². The summed E-state index contributed by atoms with van der Waals surface area (Å²) in [4.78, 5) is 25.4. The van der Waals surface area contributed by atoms with Gasteiger partial charge in [0.1, 0.15) is 28.4 Å². The molecule has 0 fully saturated rings. The fourth-order valence-electron chi connectivity index (χ4n) is 3.22. The van der Waals surface area contributed by atoms with Crippen LogP contribution in [0.1, 0.15) is 31.1 Å². The van der Waals surface area contributed by atoms with Crippen molar-refractivity contribution in [3.63, 3.8) is 0 Å². The van der Waals surface area contributed by atoms with Crippen molar-refractivity contribution < 1.29 is 28.5 Å². The minimum Gasteiger partial charge on any atom is -0.493 e. The van der Waals surface area contributed by atoms with E-state index in [4.69, 9.17) is 18.9 Å². The Morgan fingerprint density at radius 2 is 1.54 bits per heavy atom. The van der Waals surface area contributed by atoms with Gasteiger partial charge in [-0.2, -0.15) is 0 Å². The normalized spacial score (nSPS) is 11.1. The third-order valence-electron chi connectivity index (χ3n) is 4.58. The van der Waals surface area contributed by atoms with E-state index in [1.165, 1.54) is 0 Å². The Labute approximate surface area is 221 Å². The number of halogens is 2. The Bertz CT molecular complexity index is 1190. The number of rotatable bonds is 9. The quantitative estimate of drug-likeness (QED) is 0.161. The average Bonchev–Trinajstić information content (AvgIpc) is 2.81.